The molecule has 0 aromatic heterocycles. The van der Waals surface area contributed by atoms with Crippen LogP contribution < -0.4 is 0 Å². The van der Waals surface area contributed by atoms with Crippen LogP contribution in [0, 0.1) is 5.82 Å². The summed E-state index contributed by atoms with van der Waals surface area (Å²) in [6, 6.07) is 7.91. The Hall–Kier alpha value is -0.673. The van der Waals surface area contributed by atoms with Crippen molar-refractivity contribution in [1.82, 2.24) is 0 Å². The highest BCUT2D eigenvalue weighted by Crippen LogP contribution is 2.15. The second-order valence-corrected chi connectivity index (χ2v) is 8.87. The maximum absolute atomic E-state index is 12.6. The molecule has 0 amide bonds. The molecule has 0 saturated carbocycles. The lowest BCUT2D eigenvalue weighted by Gasteiger charge is -2.19. The summed E-state index contributed by atoms with van der Waals surface area (Å²) in [5.41, 5.74) is 1.21. The lowest BCUT2D eigenvalue weighted by atomic mass is 10.1. The van der Waals surface area contributed by atoms with E-state index in [1.165, 1.54) is 17.7 Å². The van der Waals surface area contributed by atoms with Gasteiger partial charge < -0.3 is 4.43 Å². The van der Waals surface area contributed by atoms with Gasteiger partial charge in [0.25, 0.3) is 0 Å². The Morgan fingerprint density at radius 1 is 1.20 bits per heavy atom. The Morgan fingerprint density at radius 3 is 2.33 bits per heavy atom. The van der Waals surface area contributed by atoms with Gasteiger partial charge in [-0.2, -0.15) is 0 Å². The van der Waals surface area contributed by atoms with Crippen LogP contribution in [0.1, 0.15) is 12.0 Å². The lowest BCUT2D eigenvalue weighted by Crippen LogP contribution is -2.28. The average molecular weight is 226 g/mol. The van der Waals surface area contributed by atoms with Gasteiger partial charge in [0.2, 0.25) is 0 Å². The highest BCUT2D eigenvalue weighted by molar-refractivity contribution is 6.71. The van der Waals surface area contributed by atoms with Gasteiger partial charge in [0.15, 0.2) is 8.32 Å². The predicted molar refractivity (Wildman–Crippen MR) is 64.0 cm³/mol. The van der Waals surface area contributed by atoms with Gasteiger partial charge in [-0.3, -0.25) is 0 Å². The first-order chi connectivity index (χ1) is 7.03. The van der Waals surface area contributed by atoms with Crippen molar-refractivity contribution in [2.45, 2.75) is 32.0 Å². The van der Waals surface area contributed by atoms with Gasteiger partial charge in [0.1, 0.15) is 5.82 Å². The van der Waals surface area contributed by atoms with Crippen LogP contribution >= 0.6 is 0 Å². The Bertz CT molecular complexity index is 295. The molecule has 0 aliphatic carbocycles. The predicted octanol–water partition coefficient (Wildman–Crippen LogP) is 3.61. The summed E-state index contributed by atoms with van der Waals surface area (Å²) in [7, 11) is 0.380. The molecule has 1 rings (SSSR count). The zero-order valence-corrected chi connectivity index (χ0v) is 10.7. The minimum atomic E-state index is -1.42. The fourth-order valence-electron chi connectivity index (χ4n) is 1.47. The van der Waals surface area contributed by atoms with Gasteiger partial charge in [-0.15, -0.1) is 0 Å². The molecule has 3 heteroatoms. The number of hydrogen-bond acceptors (Lipinski definition) is 1. The van der Waals surface area contributed by atoms with Crippen LogP contribution in [0.5, 0.6) is 0 Å². The SMILES string of the molecule is CO[Si](C)(C)CCCc1ccc(F)cc1. The molecule has 0 spiro atoms. The second-order valence-electron chi connectivity index (χ2n) is 4.44. The van der Waals surface area contributed by atoms with Crippen molar-refractivity contribution in [2.75, 3.05) is 7.11 Å². The highest BCUT2D eigenvalue weighted by atomic mass is 28.4. The van der Waals surface area contributed by atoms with E-state index in [1.807, 2.05) is 12.1 Å². The third-order valence-electron chi connectivity index (χ3n) is 2.71. The molecule has 0 radical (unpaired) electrons. The van der Waals surface area contributed by atoms with E-state index in [1.54, 1.807) is 7.11 Å². The highest BCUT2D eigenvalue weighted by Gasteiger charge is 2.19. The molecule has 0 N–H and O–H groups in total. The molecular formula is C12H19FOSi. The Morgan fingerprint density at radius 2 is 1.80 bits per heavy atom. The summed E-state index contributed by atoms with van der Waals surface area (Å²) >= 11 is 0. The molecular weight excluding hydrogens is 207 g/mol. The minimum Gasteiger partial charge on any atom is -0.420 e. The fraction of sp³-hybridized carbons (Fsp3) is 0.500. The third-order valence-corrected chi connectivity index (χ3v) is 5.37. The summed E-state index contributed by atoms with van der Waals surface area (Å²) in [6.45, 7) is 4.44. The fourth-order valence-corrected chi connectivity index (χ4v) is 2.70. The number of hydrogen-bond donors (Lipinski definition) is 0. The summed E-state index contributed by atoms with van der Waals surface area (Å²) in [5, 5.41) is 0. The van der Waals surface area contributed by atoms with Gasteiger partial charge >= 0.3 is 0 Å². The van der Waals surface area contributed by atoms with Crippen molar-refractivity contribution in [2.24, 2.45) is 0 Å². The molecule has 1 aromatic carbocycles. The van der Waals surface area contributed by atoms with Crippen LogP contribution in [0.15, 0.2) is 24.3 Å². The monoisotopic (exact) mass is 226 g/mol. The van der Waals surface area contributed by atoms with E-state index in [4.69, 9.17) is 4.43 Å². The van der Waals surface area contributed by atoms with Crippen LogP contribution in [0.3, 0.4) is 0 Å². The van der Waals surface area contributed by atoms with Crippen molar-refractivity contribution in [3.63, 3.8) is 0 Å². The second kappa shape index (κ2) is 5.42. The van der Waals surface area contributed by atoms with E-state index in [9.17, 15) is 4.39 Å². The van der Waals surface area contributed by atoms with Gasteiger partial charge in [0.05, 0.1) is 0 Å². The zero-order valence-electron chi connectivity index (χ0n) is 9.72. The number of rotatable bonds is 5. The zero-order chi connectivity index (χ0) is 11.3. The maximum atomic E-state index is 12.6. The molecule has 0 bridgehead atoms. The van der Waals surface area contributed by atoms with E-state index in [0.717, 1.165) is 18.9 Å². The number of aryl methyl sites for hydroxylation is 1. The molecule has 0 unspecified atom stereocenters. The summed E-state index contributed by atoms with van der Waals surface area (Å²) in [6.07, 6.45) is 2.14. The van der Waals surface area contributed by atoms with Crippen LogP contribution in [0.25, 0.3) is 0 Å². The van der Waals surface area contributed by atoms with Crippen molar-refractivity contribution >= 4 is 8.32 Å². The van der Waals surface area contributed by atoms with Crippen LogP contribution in [0.2, 0.25) is 19.1 Å². The standard InChI is InChI=1S/C12H19FOSi/c1-14-15(2,3)10-4-5-11-6-8-12(13)9-7-11/h6-9H,4-5,10H2,1-3H3. The lowest BCUT2D eigenvalue weighted by molar-refractivity contribution is 0.402. The molecule has 0 aliphatic heterocycles. The van der Waals surface area contributed by atoms with Crippen molar-refractivity contribution in [3.8, 4) is 0 Å². The average Bonchev–Trinajstić information content (AvgIpc) is 2.21. The summed E-state index contributed by atoms with van der Waals surface area (Å²) in [5.74, 6) is -0.162. The minimum absolute atomic E-state index is 0.162. The first-order valence-electron chi connectivity index (χ1n) is 5.33. The van der Waals surface area contributed by atoms with Crippen LogP contribution in [0.4, 0.5) is 4.39 Å². The summed E-state index contributed by atoms with van der Waals surface area (Å²) in [4.78, 5) is 0. The largest absolute Gasteiger partial charge is 0.420 e. The molecule has 0 heterocycles. The van der Waals surface area contributed by atoms with E-state index < -0.39 is 8.32 Å². The Kier molecular flexibility index (Phi) is 4.48. The first kappa shape index (κ1) is 12.4. The molecule has 15 heavy (non-hydrogen) atoms. The van der Waals surface area contributed by atoms with E-state index in [0.29, 0.717) is 0 Å². The van der Waals surface area contributed by atoms with E-state index >= 15 is 0 Å². The van der Waals surface area contributed by atoms with Crippen LogP contribution in [-0.2, 0) is 10.8 Å². The van der Waals surface area contributed by atoms with Gasteiger partial charge in [0, 0.05) is 7.11 Å². The maximum Gasteiger partial charge on any atom is 0.186 e. The van der Waals surface area contributed by atoms with Crippen molar-refractivity contribution in [1.29, 1.82) is 0 Å². The van der Waals surface area contributed by atoms with Crippen LogP contribution in [-0.4, -0.2) is 15.4 Å². The quantitative estimate of drug-likeness (QED) is 0.697. The first-order valence-corrected chi connectivity index (χ1v) is 8.45. The number of benzene rings is 1. The van der Waals surface area contributed by atoms with Gasteiger partial charge in [-0.25, -0.2) is 4.39 Å². The summed E-state index contributed by atoms with van der Waals surface area (Å²) < 4.78 is 18.1. The molecule has 0 fully saturated rings. The molecule has 0 saturated heterocycles. The number of halogens is 1. The molecule has 0 aliphatic rings. The Labute approximate surface area is 92.4 Å². The van der Waals surface area contributed by atoms with Crippen molar-refractivity contribution < 1.29 is 8.82 Å². The van der Waals surface area contributed by atoms with Gasteiger partial charge in [-0.1, -0.05) is 12.1 Å². The topological polar surface area (TPSA) is 9.23 Å². The Balaban J connectivity index is 2.35. The van der Waals surface area contributed by atoms with E-state index in [2.05, 4.69) is 13.1 Å². The third kappa shape index (κ3) is 4.58. The molecule has 0 atom stereocenters. The van der Waals surface area contributed by atoms with Gasteiger partial charge in [-0.05, 0) is 49.7 Å². The molecule has 1 aromatic rings. The van der Waals surface area contributed by atoms with Crippen molar-refractivity contribution in [3.05, 3.63) is 35.6 Å². The normalized spacial score (nSPS) is 11.7. The van der Waals surface area contributed by atoms with E-state index in [-0.39, 0.29) is 5.82 Å². The molecule has 1 nitrogen and oxygen atoms in total. The smallest absolute Gasteiger partial charge is 0.186 e. The molecule has 84 valence electrons.